The standard InChI is InChI=1S/C12H11N3OS/c13-11(17)7-14-12(16)10-6-5-8-3-1-2-4-9(8)15-10/h1-6H,7H2,(H2,13,17)(H,14,16). The number of para-hydroxylation sites is 1. The maximum absolute atomic E-state index is 11.7. The fourth-order valence-corrected chi connectivity index (χ4v) is 1.52. The number of thiocarbonyl (C=S) groups is 1. The van der Waals surface area contributed by atoms with Crippen LogP contribution in [0.25, 0.3) is 10.9 Å². The van der Waals surface area contributed by atoms with Gasteiger partial charge in [0, 0.05) is 5.39 Å². The molecular formula is C12H11N3OS. The van der Waals surface area contributed by atoms with Crippen molar-refractivity contribution in [2.75, 3.05) is 6.54 Å². The molecule has 3 N–H and O–H groups in total. The minimum Gasteiger partial charge on any atom is -0.392 e. The van der Waals surface area contributed by atoms with Gasteiger partial charge in [-0.25, -0.2) is 4.98 Å². The van der Waals surface area contributed by atoms with Crippen molar-refractivity contribution in [2.24, 2.45) is 5.73 Å². The van der Waals surface area contributed by atoms with Crippen molar-refractivity contribution in [3.8, 4) is 0 Å². The predicted molar refractivity (Wildman–Crippen MR) is 70.9 cm³/mol. The minimum absolute atomic E-state index is 0.183. The van der Waals surface area contributed by atoms with Gasteiger partial charge in [-0.05, 0) is 12.1 Å². The Morgan fingerprint density at radius 3 is 2.82 bits per heavy atom. The van der Waals surface area contributed by atoms with Crippen LogP contribution in [0, 0.1) is 0 Å². The Morgan fingerprint density at radius 1 is 1.29 bits per heavy atom. The maximum atomic E-state index is 11.7. The summed E-state index contributed by atoms with van der Waals surface area (Å²) in [7, 11) is 0. The van der Waals surface area contributed by atoms with Gasteiger partial charge in [-0.15, -0.1) is 0 Å². The van der Waals surface area contributed by atoms with E-state index in [2.05, 4.69) is 22.5 Å². The van der Waals surface area contributed by atoms with E-state index in [1.54, 1.807) is 6.07 Å². The topological polar surface area (TPSA) is 68.0 Å². The van der Waals surface area contributed by atoms with E-state index in [1.165, 1.54) is 0 Å². The van der Waals surface area contributed by atoms with Gasteiger partial charge < -0.3 is 11.1 Å². The van der Waals surface area contributed by atoms with Crippen molar-refractivity contribution in [1.82, 2.24) is 10.3 Å². The van der Waals surface area contributed by atoms with Crippen molar-refractivity contribution in [2.45, 2.75) is 0 Å². The average molecular weight is 245 g/mol. The van der Waals surface area contributed by atoms with Gasteiger partial charge in [-0.3, -0.25) is 4.79 Å². The predicted octanol–water partition coefficient (Wildman–Crippen LogP) is 1.25. The monoisotopic (exact) mass is 245 g/mol. The Bertz CT molecular complexity index is 583. The van der Waals surface area contributed by atoms with Crippen LogP contribution in [0.4, 0.5) is 0 Å². The third-order valence-electron chi connectivity index (χ3n) is 2.25. The quantitative estimate of drug-likeness (QED) is 0.799. The Hall–Kier alpha value is -2.01. The molecule has 4 nitrogen and oxygen atoms in total. The summed E-state index contributed by atoms with van der Waals surface area (Å²) >= 11 is 4.68. The summed E-state index contributed by atoms with van der Waals surface area (Å²) in [5.41, 5.74) is 6.45. The summed E-state index contributed by atoms with van der Waals surface area (Å²) < 4.78 is 0. The van der Waals surface area contributed by atoms with E-state index >= 15 is 0 Å². The number of aromatic nitrogens is 1. The molecule has 0 saturated carbocycles. The zero-order valence-electron chi connectivity index (χ0n) is 9.01. The third-order valence-corrected chi connectivity index (χ3v) is 2.40. The molecule has 2 aromatic rings. The molecule has 0 unspecified atom stereocenters. The lowest BCUT2D eigenvalue weighted by molar-refractivity contribution is 0.0955. The van der Waals surface area contributed by atoms with E-state index in [0.29, 0.717) is 5.69 Å². The molecule has 1 aromatic heterocycles. The lowest BCUT2D eigenvalue weighted by Gasteiger charge is -2.04. The van der Waals surface area contributed by atoms with Crippen LogP contribution in [0.15, 0.2) is 36.4 Å². The Balaban J connectivity index is 2.24. The number of hydrogen-bond acceptors (Lipinski definition) is 3. The van der Waals surface area contributed by atoms with Gasteiger partial charge >= 0.3 is 0 Å². The molecule has 0 spiro atoms. The Kier molecular flexibility index (Phi) is 3.30. The number of nitrogens with two attached hydrogens (primary N) is 1. The molecule has 0 bridgehead atoms. The van der Waals surface area contributed by atoms with Crippen LogP contribution in [0.1, 0.15) is 10.5 Å². The van der Waals surface area contributed by atoms with Crippen molar-refractivity contribution >= 4 is 34.0 Å². The first kappa shape index (κ1) is 11.5. The summed E-state index contributed by atoms with van der Waals surface area (Å²) in [6.07, 6.45) is 0. The summed E-state index contributed by atoms with van der Waals surface area (Å²) in [4.78, 5) is 16.2. The number of hydrogen-bond donors (Lipinski definition) is 2. The third kappa shape index (κ3) is 2.76. The van der Waals surface area contributed by atoms with Crippen molar-refractivity contribution in [1.29, 1.82) is 0 Å². The van der Waals surface area contributed by atoms with Crippen LogP contribution in [0.2, 0.25) is 0 Å². The fraction of sp³-hybridized carbons (Fsp3) is 0.0833. The molecular weight excluding hydrogens is 234 g/mol. The van der Waals surface area contributed by atoms with Gasteiger partial charge in [0.05, 0.1) is 17.0 Å². The number of amides is 1. The molecule has 0 saturated heterocycles. The molecule has 1 amide bonds. The lowest BCUT2D eigenvalue weighted by Crippen LogP contribution is -2.32. The molecule has 5 heteroatoms. The van der Waals surface area contributed by atoms with Crippen molar-refractivity contribution in [3.63, 3.8) is 0 Å². The average Bonchev–Trinajstić information content (AvgIpc) is 2.35. The normalized spacial score (nSPS) is 10.1. The molecule has 1 aromatic carbocycles. The molecule has 1 heterocycles. The number of pyridine rings is 1. The Labute approximate surface area is 104 Å². The molecule has 0 aliphatic heterocycles. The molecule has 0 aliphatic rings. The van der Waals surface area contributed by atoms with E-state index in [-0.39, 0.29) is 17.4 Å². The van der Waals surface area contributed by atoms with E-state index < -0.39 is 0 Å². The highest BCUT2D eigenvalue weighted by Crippen LogP contribution is 2.11. The molecule has 86 valence electrons. The van der Waals surface area contributed by atoms with Crippen LogP contribution >= 0.6 is 12.2 Å². The van der Waals surface area contributed by atoms with Gasteiger partial charge in [0.15, 0.2) is 0 Å². The van der Waals surface area contributed by atoms with E-state index in [4.69, 9.17) is 5.73 Å². The first-order valence-corrected chi connectivity index (χ1v) is 5.50. The number of nitrogens with one attached hydrogen (secondary N) is 1. The molecule has 0 atom stereocenters. The second-order valence-electron chi connectivity index (χ2n) is 3.54. The highest BCUT2D eigenvalue weighted by molar-refractivity contribution is 7.80. The van der Waals surface area contributed by atoms with Crippen molar-refractivity contribution in [3.05, 3.63) is 42.1 Å². The van der Waals surface area contributed by atoms with Gasteiger partial charge in [0.1, 0.15) is 5.69 Å². The molecule has 2 rings (SSSR count). The number of nitrogens with zero attached hydrogens (tertiary/aromatic N) is 1. The number of carbonyl (C=O) groups is 1. The van der Waals surface area contributed by atoms with Gasteiger partial charge in [0.2, 0.25) is 0 Å². The van der Waals surface area contributed by atoms with Gasteiger partial charge in [0.25, 0.3) is 5.91 Å². The first-order valence-electron chi connectivity index (χ1n) is 5.09. The molecule has 0 aliphatic carbocycles. The summed E-state index contributed by atoms with van der Waals surface area (Å²) in [5.74, 6) is -0.274. The number of benzene rings is 1. The second kappa shape index (κ2) is 4.88. The van der Waals surface area contributed by atoms with E-state index in [9.17, 15) is 4.79 Å². The fourth-order valence-electron chi connectivity index (χ4n) is 1.45. The highest BCUT2D eigenvalue weighted by Gasteiger charge is 2.07. The molecule has 17 heavy (non-hydrogen) atoms. The number of carbonyl (C=O) groups excluding carboxylic acids is 1. The highest BCUT2D eigenvalue weighted by atomic mass is 32.1. The zero-order valence-corrected chi connectivity index (χ0v) is 9.83. The van der Waals surface area contributed by atoms with Crippen LogP contribution < -0.4 is 11.1 Å². The van der Waals surface area contributed by atoms with Crippen LogP contribution in [-0.2, 0) is 0 Å². The number of rotatable bonds is 3. The summed E-state index contributed by atoms with van der Waals surface area (Å²) in [6, 6.07) is 11.1. The Morgan fingerprint density at radius 2 is 2.06 bits per heavy atom. The van der Waals surface area contributed by atoms with Gasteiger partial charge in [-0.1, -0.05) is 36.5 Å². The van der Waals surface area contributed by atoms with Crippen LogP contribution in [0.5, 0.6) is 0 Å². The summed E-state index contributed by atoms with van der Waals surface area (Å²) in [5, 5.41) is 3.59. The lowest BCUT2D eigenvalue weighted by atomic mass is 10.2. The maximum Gasteiger partial charge on any atom is 0.270 e. The number of fused-ring (bicyclic) bond motifs is 1. The summed E-state index contributed by atoms with van der Waals surface area (Å²) in [6.45, 7) is 0.183. The van der Waals surface area contributed by atoms with E-state index in [1.807, 2.05) is 30.3 Å². The minimum atomic E-state index is -0.274. The SMILES string of the molecule is NC(=S)CNC(=O)c1ccc2ccccc2n1. The zero-order chi connectivity index (χ0) is 12.3. The first-order chi connectivity index (χ1) is 8.16. The second-order valence-corrected chi connectivity index (χ2v) is 4.06. The van der Waals surface area contributed by atoms with Gasteiger partial charge in [-0.2, -0.15) is 0 Å². The van der Waals surface area contributed by atoms with Crippen LogP contribution in [-0.4, -0.2) is 22.4 Å². The largest absolute Gasteiger partial charge is 0.392 e. The molecule has 0 fully saturated rings. The molecule has 0 radical (unpaired) electrons. The van der Waals surface area contributed by atoms with E-state index in [0.717, 1.165) is 10.9 Å². The van der Waals surface area contributed by atoms with Crippen LogP contribution in [0.3, 0.4) is 0 Å². The van der Waals surface area contributed by atoms with Crippen molar-refractivity contribution < 1.29 is 4.79 Å². The smallest absolute Gasteiger partial charge is 0.270 e.